The van der Waals surface area contributed by atoms with E-state index >= 15 is 0 Å². The highest BCUT2D eigenvalue weighted by Crippen LogP contribution is 2.25. The van der Waals surface area contributed by atoms with Crippen molar-refractivity contribution in [1.82, 2.24) is 4.90 Å². The summed E-state index contributed by atoms with van der Waals surface area (Å²) in [6.07, 6.45) is 0. The molecule has 1 aliphatic rings. The summed E-state index contributed by atoms with van der Waals surface area (Å²) in [4.78, 5) is 17.6. The summed E-state index contributed by atoms with van der Waals surface area (Å²) in [5.41, 5.74) is 7.88. The first-order valence-electron chi connectivity index (χ1n) is 7.79. The van der Waals surface area contributed by atoms with Crippen LogP contribution >= 0.6 is 11.8 Å². The Morgan fingerprint density at radius 1 is 0.957 bits per heavy atom. The third kappa shape index (κ3) is 3.99. The van der Waals surface area contributed by atoms with Gasteiger partial charge in [-0.15, -0.1) is 11.8 Å². The molecule has 0 aliphatic carbocycles. The molecule has 2 aromatic carbocycles. The predicted octanol–water partition coefficient (Wildman–Crippen LogP) is 2.71. The Bertz CT molecular complexity index is 654. The van der Waals surface area contributed by atoms with E-state index in [9.17, 15) is 4.79 Å². The van der Waals surface area contributed by atoms with Crippen LogP contribution < -0.4 is 10.6 Å². The molecule has 3 rings (SSSR count). The van der Waals surface area contributed by atoms with E-state index < -0.39 is 0 Å². The smallest absolute Gasteiger partial charge is 0.233 e. The summed E-state index contributed by atoms with van der Waals surface area (Å²) < 4.78 is 0. The fraction of sp³-hybridized carbons (Fsp3) is 0.278. The second-order valence-electron chi connectivity index (χ2n) is 5.53. The number of carbonyl (C=O) groups is 1. The Morgan fingerprint density at radius 2 is 1.61 bits per heavy atom. The number of para-hydroxylation sites is 2. The highest BCUT2D eigenvalue weighted by Gasteiger charge is 2.21. The van der Waals surface area contributed by atoms with Gasteiger partial charge in [0, 0.05) is 42.4 Å². The molecule has 1 saturated heterocycles. The summed E-state index contributed by atoms with van der Waals surface area (Å²) >= 11 is 1.52. The predicted molar refractivity (Wildman–Crippen MR) is 96.8 cm³/mol. The molecule has 0 bridgehead atoms. The number of nitrogen functional groups attached to an aromatic ring is 1. The van der Waals surface area contributed by atoms with Crippen molar-refractivity contribution in [2.45, 2.75) is 4.90 Å². The molecule has 5 heteroatoms. The number of hydrogen-bond acceptors (Lipinski definition) is 4. The van der Waals surface area contributed by atoms with Crippen LogP contribution in [0.3, 0.4) is 0 Å². The van der Waals surface area contributed by atoms with E-state index in [2.05, 4.69) is 17.0 Å². The molecule has 0 atom stereocenters. The van der Waals surface area contributed by atoms with Gasteiger partial charge in [-0.2, -0.15) is 0 Å². The van der Waals surface area contributed by atoms with Crippen LogP contribution in [0.4, 0.5) is 11.4 Å². The van der Waals surface area contributed by atoms with Crippen LogP contribution in [0, 0.1) is 0 Å². The number of nitrogens with zero attached hydrogens (tertiary/aromatic N) is 2. The van der Waals surface area contributed by atoms with Gasteiger partial charge in [0.25, 0.3) is 0 Å². The first kappa shape index (κ1) is 15.7. The fourth-order valence-electron chi connectivity index (χ4n) is 2.70. The third-order valence-electron chi connectivity index (χ3n) is 4.02. The highest BCUT2D eigenvalue weighted by molar-refractivity contribution is 8.00. The maximum Gasteiger partial charge on any atom is 0.233 e. The van der Waals surface area contributed by atoms with Crippen molar-refractivity contribution < 1.29 is 4.79 Å². The van der Waals surface area contributed by atoms with Crippen molar-refractivity contribution in [1.29, 1.82) is 0 Å². The second kappa shape index (κ2) is 7.42. The largest absolute Gasteiger partial charge is 0.398 e. The number of rotatable bonds is 4. The van der Waals surface area contributed by atoms with Crippen molar-refractivity contribution in [2.24, 2.45) is 0 Å². The minimum Gasteiger partial charge on any atom is -0.398 e. The number of carbonyl (C=O) groups excluding carboxylic acids is 1. The van der Waals surface area contributed by atoms with Crippen molar-refractivity contribution in [3.8, 4) is 0 Å². The molecule has 4 nitrogen and oxygen atoms in total. The van der Waals surface area contributed by atoms with Crippen LogP contribution in [0.1, 0.15) is 0 Å². The van der Waals surface area contributed by atoms with Gasteiger partial charge in [-0.25, -0.2) is 0 Å². The van der Waals surface area contributed by atoms with Crippen LogP contribution in [0.25, 0.3) is 0 Å². The number of anilines is 2. The summed E-state index contributed by atoms with van der Waals surface area (Å²) in [5.74, 6) is 0.630. The zero-order valence-electron chi connectivity index (χ0n) is 13.0. The highest BCUT2D eigenvalue weighted by atomic mass is 32.2. The molecular weight excluding hydrogens is 306 g/mol. The molecule has 120 valence electrons. The molecule has 0 saturated carbocycles. The van der Waals surface area contributed by atoms with Crippen molar-refractivity contribution >= 4 is 29.0 Å². The molecule has 0 aromatic heterocycles. The van der Waals surface area contributed by atoms with E-state index in [-0.39, 0.29) is 5.91 Å². The molecular formula is C18H21N3OS. The number of thioether (sulfide) groups is 1. The Balaban J connectivity index is 1.50. The maximum atomic E-state index is 12.4. The standard InChI is InChI=1S/C18H21N3OS/c19-16-8-4-5-9-17(16)23-14-18(22)21-12-10-20(11-13-21)15-6-2-1-3-7-15/h1-9H,10-14,19H2. The molecule has 23 heavy (non-hydrogen) atoms. The Morgan fingerprint density at radius 3 is 2.30 bits per heavy atom. The molecule has 0 unspecified atom stereocenters. The van der Waals surface area contributed by atoms with Gasteiger partial charge in [0.05, 0.1) is 5.75 Å². The quantitative estimate of drug-likeness (QED) is 0.693. The molecule has 1 amide bonds. The van der Waals surface area contributed by atoms with Gasteiger partial charge >= 0.3 is 0 Å². The SMILES string of the molecule is Nc1ccccc1SCC(=O)N1CCN(c2ccccc2)CC1. The van der Waals surface area contributed by atoms with Crippen molar-refractivity contribution in [3.63, 3.8) is 0 Å². The molecule has 2 aromatic rings. The van der Waals surface area contributed by atoms with E-state index in [1.54, 1.807) is 0 Å². The fourth-order valence-corrected chi connectivity index (χ4v) is 3.57. The average molecular weight is 327 g/mol. The summed E-state index contributed by atoms with van der Waals surface area (Å²) in [7, 11) is 0. The lowest BCUT2D eigenvalue weighted by molar-refractivity contribution is -0.128. The molecule has 2 N–H and O–H groups in total. The topological polar surface area (TPSA) is 49.6 Å². The summed E-state index contributed by atoms with van der Waals surface area (Å²) in [6, 6.07) is 18.0. The minimum atomic E-state index is 0.186. The first-order chi connectivity index (χ1) is 11.2. The number of nitrogens with two attached hydrogens (primary N) is 1. The normalized spacial score (nSPS) is 14.8. The molecule has 1 fully saturated rings. The van der Waals surface area contributed by atoms with E-state index in [4.69, 9.17) is 5.73 Å². The van der Waals surface area contributed by atoms with Crippen molar-refractivity contribution in [3.05, 3.63) is 54.6 Å². The van der Waals surface area contributed by atoms with Crippen LogP contribution in [0.15, 0.2) is 59.5 Å². The molecule has 0 spiro atoms. The summed E-state index contributed by atoms with van der Waals surface area (Å²) in [5, 5.41) is 0. The van der Waals surface area contributed by atoms with Crippen LogP contribution in [0.2, 0.25) is 0 Å². The van der Waals surface area contributed by atoms with Crippen LogP contribution in [-0.2, 0) is 4.79 Å². The molecule has 0 radical (unpaired) electrons. The number of hydrogen-bond donors (Lipinski definition) is 1. The zero-order valence-corrected chi connectivity index (χ0v) is 13.8. The van der Waals surface area contributed by atoms with Gasteiger partial charge in [0.2, 0.25) is 5.91 Å². The summed E-state index contributed by atoms with van der Waals surface area (Å²) in [6.45, 7) is 3.32. The molecule has 1 heterocycles. The van der Waals surface area contributed by atoms with Crippen LogP contribution in [0.5, 0.6) is 0 Å². The maximum absolute atomic E-state index is 12.4. The van der Waals surface area contributed by atoms with Gasteiger partial charge in [-0.3, -0.25) is 4.79 Å². The number of amides is 1. The number of benzene rings is 2. The van der Waals surface area contributed by atoms with Crippen molar-refractivity contribution in [2.75, 3.05) is 42.6 Å². The Labute approximate surface area is 141 Å². The lowest BCUT2D eigenvalue weighted by Gasteiger charge is -2.36. The van der Waals surface area contributed by atoms with E-state index in [0.29, 0.717) is 5.75 Å². The lowest BCUT2D eigenvalue weighted by atomic mass is 10.2. The van der Waals surface area contributed by atoms with E-state index in [0.717, 1.165) is 36.8 Å². The van der Waals surface area contributed by atoms with Gasteiger partial charge in [0.1, 0.15) is 0 Å². The van der Waals surface area contributed by atoms with Gasteiger partial charge < -0.3 is 15.5 Å². The second-order valence-corrected chi connectivity index (χ2v) is 6.55. The lowest BCUT2D eigenvalue weighted by Crippen LogP contribution is -2.49. The number of piperazine rings is 1. The Hall–Kier alpha value is -2.14. The third-order valence-corrected chi connectivity index (χ3v) is 5.10. The van der Waals surface area contributed by atoms with Gasteiger partial charge in [-0.1, -0.05) is 30.3 Å². The average Bonchev–Trinajstić information content (AvgIpc) is 2.62. The first-order valence-corrected chi connectivity index (χ1v) is 8.77. The minimum absolute atomic E-state index is 0.186. The Kier molecular flexibility index (Phi) is 5.08. The van der Waals surface area contributed by atoms with E-state index in [1.165, 1.54) is 17.4 Å². The van der Waals surface area contributed by atoms with Gasteiger partial charge in [-0.05, 0) is 24.3 Å². The van der Waals surface area contributed by atoms with Gasteiger partial charge in [0.15, 0.2) is 0 Å². The molecule has 1 aliphatic heterocycles. The zero-order chi connectivity index (χ0) is 16.1. The van der Waals surface area contributed by atoms with E-state index in [1.807, 2.05) is 47.4 Å². The monoisotopic (exact) mass is 327 g/mol. The van der Waals surface area contributed by atoms with Crippen LogP contribution in [-0.4, -0.2) is 42.7 Å².